The Balaban J connectivity index is 2.00. The van der Waals surface area contributed by atoms with Gasteiger partial charge in [0.05, 0.1) is 30.5 Å². The van der Waals surface area contributed by atoms with Crippen LogP contribution in [0.3, 0.4) is 0 Å². The van der Waals surface area contributed by atoms with E-state index in [0.29, 0.717) is 5.56 Å². The normalized spacial score (nSPS) is 12.9. The molecule has 0 aromatic heterocycles. The molecule has 13 nitrogen and oxygen atoms in total. The van der Waals surface area contributed by atoms with Gasteiger partial charge in [-0.05, 0) is 18.1 Å². The third-order valence-electron chi connectivity index (χ3n) is 5.37. The molecule has 5 N–H and O–H groups in total. The van der Waals surface area contributed by atoms with Gasteiger partial charge < -0.3 is 30.9 Å². The summed E-state index contributed by atoms with van der Waals surface area (Å²) in [5, 5.41) is 25.9. The molecule has 0 bridgehead atoms. The Morgan fingerprint density at radius 1 is 1.03 bits per heavy atom. The molecule has 3 amide bonds. The Morgan fingerprint density at radius 2 is 1.68 bits per heavy atom. The largest absolute Gasteiger partial charge is 0.466 e. The minimum atomic E-state index is -1.40. The van der Waals surface area contributed by atoms with Crippen molar-refractivity contribution < 1.29 is 38.7 Å². The van der Waals surface area contributed by atoms with E-state index in [-0.39, 0.29) is 31.9 Å². The molecule has 0 aliphatic carbocycles. The molecule has 204 valence electrons. The molecule has 0 unspecified atom stereocenters. The lowest BCUT2D eigenvalue weighted by Crippen LogP contribution is -2.49. The average Bonchev–Trinajstić information content (AvgIpc) is 2.89. The van der Waals surface area contributed by atoms with Crippen LogP contribution in [0.25, 0.3) is 0 Å². The Morgan fingerprint density at radius 3 is 2.26 bits per heavy atom. The van der Waals surface area contributed by atoms with Gasteiger partial charge >= 0.3 is 12.1 Å². The van der Waals surface area contributed by atoms with E-state index in [4.69, 9.17) is 15.2 Å². The Hall–Kier alpha value is -4.52. The smallest absolute Gasteiger partial charge is 0.407 e. The highest BCUT2D eigenvalue weighted by Crippen LogP contribution is 2.26. The fourth-order valence-corrected chi connectivity index (χ4v) is 3.53. The lowest BCUT2D eigenvalue weighted by Gasteiger charge is -2.26. The van der Waals surface area contributed by atoms with E-state index in [1.807, 2.05) is 6.07 Å². The van der Waals surface area contributed by atoms with Gasteiger partial charge in [0, 0.05) is 24.6 Å². The van der Waals surface area contributed by atoms with Crippen molar-refractivity contribution in [3.8, 4) is 0 Å². The van der Waals surface area contributed by atoms with Gasteiger partial charge in [0.1, 0.15) is 12.6 Å². The van der Waals surface area contributed by atoms with Gasteiger partial charge in [0.25, 0.3) is 5.69 Å². The van der Waals surface area contributed by atoms with Crippen molar-refractivity contribution in [2.75, 3.05) is 13.2 Å². The number of carbonyl (C=O) groups excluding carboxylic acids is 4. The minimum absolute atomic E-state index is 0.0219. The van der Waals surface area contributed by atoms with E-state index in [9.17, 15) is 34.4 Å². The van der Waals surface area contributed by atoms with Crippen molar-refractivity contribution >= 4 is 29.6 Å². The molecule has 3 atom stereocenters. The van der Waals surface area contributed by atoms with Gasteiger partial charge in [-0.3, -0.25) is 24.5 Å². The molecule has 0 saturated carbocycles. The van der Waals surface area contributed by atoms with Crippen LogP contribution in [0.2, 0.25) is 0 Å². The van der Waals surface area contributed by atoms with E-state index in [1.165, 1.54) is 24.3 Å². The van der Waals surface area contributed by atoms with Crippen LogP contribution >= 0.6 is 0 Å². The molecule has 2 rings (SSSR count). The van der Waals surface area contributed by atoms with E-state index in [1.54, 1.807) is 31.2 Å². The summed E-state index contributed by atoms with van der Waals surface area (Å²) in [5.41, 5.74) is 6.40. The number of nitrogens with one attached hydrogen (secondary N) is 2. The molecule has 38 heavy (non-hydrogen) atoms. The summed E-state index contributed by atoms with van der Waals surface area (Å²) in [5.74, 6) is -3.42. The number of nitrogens with two attached hydrogens (primary N) is 1. The molecule has 0 radical (unpaired) electrons. The Bertz CT molecular complexity index is 1110. The molecule has 13 heteroatoms. The quantitative estimate of drug-likeness (QED) is 0.158. The molecule has 2 aromatic carbocycles. The van der Waals surface area contributed by atoms with Gasteiger partial charge in [0.2, 0.25) is 11.8 Å². The van der Waals surface area contributed by atoms with Crippen LogP contribution in [0, 0.1) is 10.1 Å². The molecule has 0 spiro atoms. The van der Waals surface area contributed by atoms with E-state index in [2.05, 4.69) is 10.6 Å². The number of hydrogen-bond acceptors (Lipinski definition) is 9. The van der Waals surface area contributed by atoms with Gasteiger partial charge in [-0.15, -0.1) is 0 Å². The fraction of sp³-hybridized carbons (Fsp3) is 0.360. The molecule has 2 aromatic rings. The van der Waals surface area contributed by atoms with Crippen molar-refractivity contribution in [1.82, 2.24) is 10.6 Å². The number of ether oxygens (including phenoxy) is 2. The number of aliphatic hydroxyl groups excluding tert-OH is 1. The number of non-ortho nitro benzene ring substituents is 1. The number of rotatable bonds is 14. The molecule has 0 heterocycles. The summed E-state index contributed by atoms with van der Waals surface area (Å²) in [4.78, 5) is 59.3. The zero-order chi connectivity index (χ0) is 28.1. The standard InChI is InChI=1S/C25H30N4O9/c1-2-37-22(32)13-20(17-8-10-18(11-9-17)29(35)36)23(24(26)33)28-21(31)12-19(30)14-27-25(34)38-15-16-6-4-3-5-7-16/h3-11,19-20,23,30H,2,12-15H2,1H3,(H2,26,33)(H,27,34)(H,28,31)/t19-,20-,23+/m1/s1. The SMILES string of the molecule is CCOC(=O)C[C@H](c1ccc([N+](=O)[O-])cc1)[C@H](NC(=O)C[C@@H](O)CNC(=O)OCc1ccccc1)C(N)=O. The summed E-state index contributed by atoms with van der Waals surface area (Å²) in [7, 11) is 0. The van der Waals surface area contributed by atoms with Crippen molar-refractivity contribution in [1.29, 1.82) is 0 Å². The van der Waals surface area contributed by atoms with Gasteiger partial charge in [-0.25, -0.2) is 4.79 Å². The van der Waals surface area contributed by atoms with Crippen LogP contribution in [0.4, 0.5) is 10.5 Å². The highest BCUT2D eigenvalue weighted by atomic mass is 16.6. The second kappa shape index (κ2) is 14.9. The lowest BCUT2D eigenvalue weighted by molar-refractivity contribution is -0.384. The van der Waals surface area contributed by atoms with Crippen molar-refractivity contribution in [2.24, 2.45) is 5.73 Å². The number of nitrogens with zero attached hydrogens (tertiary/aromatic N) is 1. The third-order valence-corrected chi connectivity index (χ3v) is 5.37. The first-order chi connectivity index (χ1) is 18.1. The lowest BCUT2D eigenvalue weighted by atomic mass is 9.87. The first-order valence-corrected chi connectivity index (χ1v) is 11.7. The number of carbonyl (C=O) groups is 4. The number of amides is 3. The number of nitro groups is 1. The predicted octanol–water partition coefficient (Wildman–Crippen LogP) is 1.28. The van der Waals surface area contributed by atoms with Crippen LogP contribution in [0.15, 0.2) is 54.6 Å². The number of aliphatic hydroxyl groups is 1. The summed E-state index contributed by atoms with van der Waals surface area (Å²) >= 11 is 0. The average molecular weight is 531 g/mol. The third kappa shape index (κ3) is 9.85. The van der Waals surface area contributed by atoms with Crippen molar-refractivity contribution in [3.63, 3.8) is 0 Å². The van der Waals surface area contributed by atoms with Crippen molar-refractivity contribution in [3.05, 3.63) is 75.8 Å². The predicted molar refractivity (Wildman–Crippen MR) is 133 cm³/mol. The van der Waals surface area contributed by atoms with Crippen LogP contribution in [0.5, 0.6) is 0 Å². The van der Waals surface area contributed by atoms with E-state index in [0.717, 1.165) is 5.56 Å². The van der Waals surface area contributed by atoms with Crippen molar-refractivity contribution in [2.45, 2.75) is 44.4 Å². The molecule has 0 fully saturated rings. The second-order valence-corrected chi connectivity index (χ2v) is 8.21. The van der Waals surface area contributed by atoms with E-state index < -0.39 is 53.3 Å². The number of primary amides is 1. The second-order valence-electron chi connectivity index (χ2n) is 8.21. The van der Waals surface area contributed by atoms with Gasteiger partial charge in [-0.2, -0.15) is 0 Å². The molecule has 0 saturated heterocycles. The van der Waals surface area contributed by atoms with E-state index >= 15 is 0 Å². The zero-order valence-electron chi connectivity index (χ0n) is 20.7. The highest BCUT2D eigenvalue weighted by molar-refractivity contribution is 5.88. The Kier molecular flexibility index (Phi) is 11.6. The monoisotopic (exact) mass is 530 g/mol. The Labute approximate surface area is 218 Å². The highest BCUT2D eigenvalue weighted by Gasteiger charge is 2.32. The number of esters is 1. The summed E-state index contributed by atoms with van der Waals surface area (Å²) < 4.78 is 9.98. The summed E-state index contributed by atoms with van der Waals surface area (Å²) in [6, 6.07) is 12.6. The minimum Gasteiger partial charge on any atom is -0.466 e. The summed E-state index contributed by atoms with van der Waals surface area (Å²) in [6.07, 6.45) is -2.97. The maximum atomic E-state index is 12.6. The first kappa shape index (κ1) is 29.7. The number of nitro benzene ring substituents is 1. The maximum absolute atomic E-state index is 12.6. The number of hydrogen-bond donors (Lipinski definition) is 4. The van der Waals surface area contributed by atoms with Gasteiger partial charge in [-0.1, -0.05) is 42.5 Å². The summed E-state index contributed by atoms with van der Waals surface area (Å²) in [6.45, 7) is 1.39. The molecular weight excluding hydrogens is 500 g/mol. The van der Waals surface area contributed by atoms with Crippen LogP contribution in [-0.2, 0) is 30.5 Å². The molecule has 0 aliphatic heterocycles. The first-order valence-electron chi connectivity index (χ1n) is 11.7. The molecular formula is C25H30N4O9. The van der Waals surface area contributed by atoms with Crippen LogP contribution < -0.4 is 16.4 Å². The van der Waals surface area contributed by atoms with Gasteiger partial charge in [0.15, 0.2) is 0 Å². The topological polar surface area (TPSA) is 200 Å². The molecule has 0 aliphatic rings. The number of benzene rings is 2. The number of alkyl carbamates (subject to hydrolysis) is 1. The van der Waals surface area contributed by atoms with Crippen LogP contribution in [0.1, 0.15) is 36.8 Å². The fourth-order valence-electron chi connectivity index (χ4n) is 3.53. The maximum Gasteiger partial charge on any atom is 0.407 e. The zero-order valence-corrected chi connectivity index (χ0v) is 20.7. The van der Waals surface area contributed by atoms with Crippen LogP contribution in [-0.4, -0.2) is 59.2 Å².